The lowest BCUT2D eigenvalue weighted by Crippen LogP contribution is -2.27. The minimum absolute atomic E-state index is 0.157. The number of nitrogen functional groups attached to an aromatic ring is 1. The maximum atomic E-state index is 11.9. The number of nitrogens with two attached hydrogens (primary N) is 1. The van der Waals surface area contributed by atoms with Gasteiger partial charge in [0.1, 0.15) is 5.76 Å². The highest BCUT2D eigenvalue weighted by Gasteiger charge is 2.09. The van der Waals surface area contributed by atoms with Gasteiger partial charge in [-0.15, -0.1) is 0 Å². The number of benzene rings is 1. The molecule has 0 unspecified atom stereocenters. The zero-order valence-corrected chi connectivity index (χ0v) is 9.85. The van der Waals surface area contributed by atoms with E-state index in [9.17, 15) is 4.79 Å². The highest BCUT2D eigenvalue weighted by Crippen LogP contribution is 2.13. The number of carbonyl (C=O) groups excluding carboxylic acids is 1. The number of hydrogen-bond acceptors (Lipinski definition) is 4. The molecule has 18 heavy (non-hydrogen) atoms. The molecule has 1 heterocycles. The Morgan fingerprint density at radius 3 is 2.78 bits per heavy atom. The number of rotatable bonds is 5. The number of furan rings is 1. The summed E-state index contributed by atoms with van der Waals surface area (Å²) in [5.74, 6) is 6.04. The number of para-hydroxylation sites is 1. The molecule has 5 heteroatoms. The molecule has 5 nitrogen and oxygen atoms in total. The van der Waals surface area contributed by atoms with Crippen molar-refractivity contribution in [2.45, 2.75) is 6.42 Å². The van der Waals surface area contributed by atoms with Gasteiger partial charge in [0.25, 0.3) is 5.91 Å². The van der Waals surface area contributed by atoms with Crippen LogP contribution in [0, 0.1) is 0 Å². The SMILES string of the molecule is NNc1ccccc1C(=O)NCCc1ccco1. The van der Waals surface area contributed by atoms with Crippen molar-refractivity contribution in [2.24, 2.45) is 5.84 Å². The van der Waals surface area contributed by atoms with Crippen LogP contribution in [0.1, 0.15) is 16.1 Å². The second-order valence-corrected chi connectivity index (χ2v) is 3.78. The fourth-order valence-electron chi connectivity index (χ4n) is 1.66. The summed E-state index contributed by atoms with van der Waals surface area (Å²) in [6, 6.07) is 10.8. The fraction of sp³-hybridized carbons (Fsp3) is 0.154. The molecule has 0 saturated heterocycles. The smallest absolute Gasteiger partial charge is 0.253 e. The van der Waals surface area contributed by atoms with Crippen LogP contribution in [-0.4, -0.2) is 12.5 Å². The van der Waals surface area contributed by atoms with Crippen LogP contribution in [0.2, 0.25) is 0 Å². The van der Waals surface area contributed by atoms with Gasteiger partial charge in [0.15, 0.2) is 0 Å². The van der Waals surface area contributed by atoms with Crippen LogP contribution in [0.25, 0.3) is 0 Å². The van der Waals surface area contributed by atoms with Gasteiger partial charge in [-0.3, -0.25) is 10.6 Å². The molecule has 1 aromatic heterocycles. The molecule has 1 amide bonds. The summed E-state index contributed by atoms with van der Waals surface area (Å²) in [4.78, 5) is 11.9. The van der Waals surface area contributed by atoms with Crippen LogP contribution < -0.4 is 16.6 Å². The normalized spacial score (nSPS) is 10.1. The lowest BCUT2D eigenvalue weighted by molar-refractivity contribution is 0.0954. The van der Waals surface area contributed by atoms with E-state index < -0.39 is 0 Å². The Morgan fingerprint density at radius 2 is 2.06 bits per heavy atom. The second kappa shape index (κ2) is 5.88. The summed E-state index contributed by atoms with van der Waals surface area (Å²) in [5, 5.41) is 2.82. The summed E-state index contributed by atoms with van der Waals surface area (Å²) < 4.78 is 5.18. The lowest BCUT2D eigenvalue weighted by Gasteiger charge is -2.08. The molecule has 0 spiro atoms. The Bertz CT molecular complexity index is 509. The van der Waals surface area contributed by atoms with Crippen LogP contribution in [0.5, 0.6) is 0 Å². The van der Waals surface area contributed by atoms with Crippen LogP contribution in [-0.2, 0) is 6.42 Å². The van der Waals surface area contributed by atoms with Crippen molar-refractivity contribution in [3.05, 3.63) is 54.0 Å². The summed E-state index contributed by atoms with van der Waals surface area (Å²) in [7, 11) is 0. The second-order valence-electron chi connectivity index (χ2n) is 3.78. The first-order valence-corrected chi connectivity index (χ1v) is 5.67. The van der Waals surface area contributed by atoms with Gasteiger partial charge in [-0.1, -0.05) is 12.1 Å². The van der Waals surface area contributed by atoms with Gasteiger partial charge in [0.2, 0.25) is 0 Å². The molecule has 0 aliphatic carbocycles. The van der Waals surface area contributed by atoms with Crippen LogP contribution >= 0.6 is 0 Å². The molecule has 0 radical (unpaired) electrons. The van der Waals surface area contributed by atoms with Crippen molar-refractivity contribution in [3.63, 3.8) is 0 Å². The third-order valence-corrected chi connectivity index (χ3v) is 2.56. The van der Waals surface area contributed by atoms with Crippen LogP contribution in [0.3, 0.4) is 0 Å². The maximum Gasteiger partial charge on any atom is 0.253 e. The predicted octanol–water partition coefficient (Wildman–Crippen LogP) is 1.54. The number of amides is 1. The average molecular weight is 245 g/mol. The number of hydrogen-bond donors (Lipinski definition) is 3. The Hall–Kier alpha value is -2.27. The Balaban J connectivity index is 1.91. The fourth-order valence-corrected chi connectivity index (χ4v) is 1.66. The van der Waals surface area contributed by atoms with Crippen molar-refractivity contribution in [1.82, 2.24) is 5.32 Å². The van der Waals surface area contributed by atoms with Gasteiger partial charge in [-0.25, -0.2) is 0 Å². The predicted molar refractivity (Wildman–Crippen MR) is 69.0 cm³/mol. The van der Waals surface area contributed by atoms with Gasteiger partial charge in [0.05, 0.1) is 17.5 Å². The molecule has 1 aromatic carbocycles. The van der Waals surface area contributed by atoms with E-state index in [4.69, 9.17) is 10.3 Å². The van der Waals surface area contributed by atoms with E-state index in [1.54, 1.807) is 24.5 Å². The molecule has 2 rings (SSSR count). The van der Waals surface area contributed by atoms with E-state index in [0.29, 0.717) is 24.2 Å². The third kappa shape index (κ3) is 2.89. The largest absolute Gasteiger partial charge is 0.469 e. The Labute approximate surface area is 105 Å². The first kappa shape index (κ1) is 12.2. The molecular formula is C13H15N3O2. The molecule has 0 aliphatic heterocycles. The Kier molecular flexibility index (Phi) is 3.98. The van der Waals surface area contributed by atoms with Crippen LogP contribution in [0.4, 0.5) is 5.69 Å². The van der Waals surface area contributed by atoms with E-state index >= 15 is 0 Å². The summed E-state index contributed by atoms with van der Waals surface area (Å²) in [6.45, 7) is 0.519. The van der Waals surface area contributed by atoms with E-state index in [2.05, 4.69) is 10.7 Å². The van der Waals surface area contributed by atoms with Crippen LogP contribution in [0.15, 0.2) is 47.1 Å². The van der Waals surface area contributed by atoms with Crippen molar-refractivity contribution in [3.8, 4) is 0 Å². The summed E-state index contributed by atoms with van der Waals surface area (Å²) in [6.07, 6.45) is 2.28. The zero-order chi connectivity index (χ0) is 12.8. The topological polar surface area (TPSA) is 80.3 Å². The molecule has 94 valence electrons. The number of carbonyl (C=O) groups is 1. The number of nitrogens with one attached hydrogen (secondary N) is 2. The standard InChI is InChI=1S/C13H15N3O2/c14-16-12-6-2-1-5-11(12)13(17)15-8-7-10-4-3-9-18-10/h1-6,9,16H,7-8,14H2,(H,15,17). The van der Waals surface area contributed by atoms with E-state index in [1.165, 1.54) is 0 Å². The minimum atomic E-state index is -0.157. The van der Waals surface area contributed by atoms with Gasteiger partial charge in [0, 0.05) is 13.0 Å². The summed E-state index contributed by atoms with van der Waals surface area (Å²) in [5.41, 5.74) is 3.63. The molecular weight excluding hydrogens is 230 g/mol. The van der Waals surface area contributed by atoms with E-state index in [0.717, 1.165) is 5.76 Å². The number of hydrazine groups is 1. The summed E-state index contributed by atoms with van der Waals surface area (Å²) >= 11 is 0. The highest BCUT2D eigenvalue weighted by molar-refractivity contribution is 5.99. The quantitative estimate of drug-likeness (QED) is 0.551. The average Bonchev–Trinajstić information content (AvgIpc) is 2.91. The molecule has 0 fully saturated rings. The van der Waals surface area contributed by atoms with Gasteiger partial charge in [-0.2, -0.15) is 0 Å². The van der Waals surface area contributed by atoms with Gasteiger partial charge >= 0.3 is 0 Å². The van der Waals surface area contributed by atoms with E-state index in [1.807, 2.05) is 18.2 Å². The van der Waals surface area contributed by atoms with Crippen molar-refractivity contribution in [2.75, 3.05) is 12.0 Å². The molecule has 2 aromatic rings. The first-order chi connectivity index (χ1) is 8.81. The minimum Gasteiger partial charge on any atom is -0.469 e. The molecule has 0 aliphatic rings. The monoisotopic (exact) mass is 245 g/mol. The van der Waals surface area contributed by atoms with E-state index in [-0.39, 0.29) is 5.91 Å². The molecule has 0 bridgehead atoms. The van der Waals surface area contributed by atoms with Gasteiger partial charge in [-0.05, 0) is 24.3 Å². The van der Waals surface area contributed by atoms with Crippen molar-refractivity contribution < 1.29 is 9.21 Å². The Morgan fingerprint density at radius 1 is 1.22 bits per heavy atom. The molecule has 0 saturated carbocycles. The maximum absolute atomic E-state index is 11.9. The van der Waals surface area contributed by atoms with Crippen molar-refractivity contribution >= 4 is 11.6 Å². The first-order valence-electron chi connectivity index (χ1n) is 5.67. The lowest BCUT2D eigenvalue weighted by atomic mass is 10.1. The zero-order valence-electron chi connectivity index (χ0n) is 9.85. The molecule has 0 atom stereocenters. The van der Waals surface area contributed by atoms with Gasteiger partial charge < -0.3 is 15.2 Å². The number of anilines is 1. The van der Waals surface area contributed by atoms with Crippen molar-refractivity contribution in [1.29, 1.82) is 0 Å². The molecule has 4 N–H and O–H groups in total. The highest BCUT2D eigenvalue weighted by atomic mass is 16.3. The third-order valence-electron chi connectivity index (χ3n) is 2.56.